The molecule has 0 spiro atoms. The Morgan fingerprint density at radius 3 is 2.46 bits per heavy atom. The lowest BCUT2D eigenvalue weighted by molar-refractivity contribution is -0.137. The molecule has 138 valence electrons. The lowest BCUT2D eigenvalue weighted by Gasteiger charge is -2.16. The minimum absolute atomic E-state index is 0.150. The number of alkyl halides is 3. The maximum Gasteiger partial charge on any atom is 0.416 e. The van der Waals surface area contributed by atoms with Crippen LogP contribution in [0.2, 0.25) is 0 Å². The third kappa shape index (κ3) is 4.90. The number of halogens is 3. The predicted molar refractivity (Wildman–Crippen MR) is 87.7 cm³/mol. The molecule has 0 aliphatic carbocycles. The van der Waals surface area contributed by atoms with Crippen molar-refractivity contribution in [3.8, 4) is 0 Å². The van der Waals surface area contributed by atoms with Gasteiger partial charge >= 0.3 is 6.18 Å². The van der Waals surface area contributed by atoms with Gasteiger partial charge in [-0.2, -0.15) is 13.2 Å². The van der Waals surface area contributed by atoms with Gasteiger partial charge in [-0.05, 0) is 29.6 Å². The molecule has 0 aliphatic heterocycles. The minimum atomic E-state index is -4.58. The normalized spacial score (nSPS) is 12.3. The van der Waals surface area contributed by atoms with Crippen LogP contribution < -0.4 is 10.6 Å². The van der Waals surface area contributed by atoms with Gasteiger partial charge in [0.25, 0.3) is 11.7 Å². The molecule has 10 heteroatoms. The molecule has 1 aromatic carbocycles. The van der Waals surface area contributed by atoms with Gasteiger partial charge in [0.1, 0.15) is 6.04 Å². The molecule has 1 atom stereocenters. The molecule has 0 fully saturated rings. The molecular formula is C16H13F3N2O4S. The van der Waals surface area contributed by atoms with Crippen LogP contribution in [-0.4, -0.2) is 35.4 Å². The van der Waals surface area contributed by atoms with Crippen molar-refractivity contribution in [2.24, 2.45) is 0 Å². The molecule has 0 bridgehead atoms. The zero-order chi connectivity index (χ0) is 19.3. The number of amides is 2. The number of carbonyl (C=O) groups excluding carboxylic acids is 3. The average Bonchev–Trinajstić information content (AvgIpc) is 3.12. The Hall–Kier alpha value is -2.72. The zero-order valence-electron chi connectivity index (χ0n) is 13.0. The molecule has 26 heavy (non-hydrogen) atoms. The number of rotatable bonds is 6. The van der Waals surface area contributed by atoms with Crippen molar-refractivity contribution >= 4 is 34.6 Å². The second kappa shape index (κ2) is 8.11. The highest BCUT2D eigenvalue weighted by molar-refractivity contribution is 7.13. The predicted octanol–water partition coefficient (Wildman–Crippen LogP) is 2.07. The van der Waals surface area contributed by atoms with Crippen molar-refractivity contribution in [2.75, 3.05) is 11.9 Å². The summed E-state index contributed by atoms with van der Waals surface area (Å²) in [5.41, 5.74) is -1.13. The molecule has 0 saturated carbocycles. The van der Waals surface area contributed by atoms with Gasteiger partial charge in [0.2, 0.25) is 5.91 Å². The number of Topliss-reactive ketones (excluding diaryl/α,β-unsaturated/α-hetero) is 1. The van der Waals surface area contributed by atoms with Crippen molar-refractivity contribution in [1.29, 1.82) is 0 Å². The number of hydrogen-bond acceptors (Lipinski definition) is 5. The van der Waals surface area contributed by atoms with Gasteiger partial charge in [-0.25, -0.2) is 0 Å². The van der Waals surface area contributed by atoms with Gasteiger partial charge in [-0.15, -0.1) is 11.3 Å². The Balaban J connectivity index is 2.05. The Morgan fingerprint density at radius 2 is 1.88 bits per heavy atom. The van der Waals surface area contributed by atoms with E-state index in [2.05, 4.69) is 10.6 Å². The van der Waals surface area contributed by atoms with Crippen molar-refractivity contribution in [2.45, 2.75) is 12.2 Å². The Bertz CT molecular complexity index is 806. The molecule has 0 unspecified atom stereocenters. The first-order valence-electron chi connectivity index (χ1n) is 7.20. The van der Waals surface area contributed by atoms with Crippen LogP contribution in [0.4, 0.5) is 18.9 Å². The Kier molecular flexibility index (Phi) is 6.11. The standard InChI is InChI=1S/C16H13F3N2O4S/c17-16(18,19)9-3-1-4-10(7-9)20-14(24)11(8-22)21-15(25)13(23)12-5-2-6-26-12/h1-7,11,22H,8H2,(H,20,24)(H,21,25)/t11-/m0/s1. The summed E-state index contributed by atoms with van der Waals surface area (Å²) in [6.45, 7) is -0.839. The van der Waals surface area contributed by atoms with Gasteiger partial charge in [0.15, 0.2) is 0 Å². The molecule has 1 aromatic heterocycles. The van der Waals surface area contributed by atoms with Crippen LogP contribution in [0.3, 0.4) is 0 Å². The fraction of sp³-hybridized carbons (Fsp3) is 0.188. The highest BCUT2D eigenvalue weighted by Crippen LogP contribution is 2.30. The Morgan fingerprint density at radius 1 is 1.15 bits per heavy atom. The van der Waals surface area contributed by atoms with Crippen molar-refractivity contribution in [1.82, 2.24) is 5.32 Å². The van der Waals surface area contributed by atoms with E-state index in [0.29, 0.717) is 6.07 Å². The van der Waals surface area contributed by atoms with E-state index in [4.69, 9.17) is 0 Å². The van der Waals surface area contributed by atoms with Gasteiger partial charge in [0.05, 0.1) is 17.0 Å². The summed E-state index contributed by atoms with van der Waals surface area (Å²) < 4.78 is 38.0. The van der Waals surface area contributed by atoms with Crippen LogP contribution in [0, 0.1) is 0 Å². The first-order chi connectivity index (χ1) is 12.2. The zero-order valence-corrected chi connectivity index (χ0v) is 13.9. The van der Waals surface area contributed by atoms with Crippen LogP contribution in [0.15, 0.2) is 41.8 Å². The molecule has 0 radical (unpaired) electrons. The second-order valence-electron chi connectivity index (χ2n) is 5.08. The van der Waals surface area contributed by atoms with Gasteiger partial charge in [-0.1, -0.05) is 12.1 Å². The quantitative estimate of drug-likeness (QED) is 0.523. The van der Waals surface area contributed by atoms with E-state index in [1.165, 1.54) is 12.1 Å². The number of ketones is 1. The lowest BCUT2D eigenvalue weighted by Crippen LogP contribution is -2.48. The first kappa shape index (κ1) is 19.6. The number of nitrogens with one attached hydrogen (secondary N) is 2. The summed E-state index contributed by atoms with van der Waals surface area (Å²) in [6, 6.07) is 5.36. The summed E-state index contributed by atoms with van der Waals surface area (Å²) in [5.74, 6) is -2.95. The monoisotopic (exact) mass is 386 g/mol. The third-order valence-electron chi connectivity index (χ3n) is 3.21. The minimum Gasteiger partial charge on any atom is -0.394 e. The molecular weight excluding hydrogens is 373 g/mol. The van der Waals surface area contributed by atoms with E-state index in [9.17, 15) is 32.7 Å². The highest BCUT2D eigenvalue weighted by atomic mass is 32.1. The molecule has 0 saturated heterocycles. The summed E-state index contributed by atoms with van der Waals surface area (Å²) in [7, 11) is 0. The van der Waals surface area contributed by atoms with E-state index in [1.807, 2.05) is 0 Å². The number of anilines is 1. The van der Waals surface area contributed by atoms with Crippen molar-refractivity contribution in [3.63, 3.8) is 0 Å². The van der Waals surface area contributed by atoms with Crippen LogP contribution >= 0.6 is 11.3 Å². The summed E-state index contributed by atoms with van der Waals surface area (Å²) in [4.78, 5) is 35.9. The Labute approximate surface area is 149 Å². The summed E-state index contributed by atoms with van der Waals surface area (Å²) in [6.07, 6.45) is -4.58. The smallest absolute Gasteiger partial charge is 0.394 e. The average molecular weight is 386 g/mol. The van der Waals surface area contributed by atoms with Crippen LogP contribution in [0.1, 0.15) is 15.2 Å². The third-order valence-corrected chi connectivity index (χ3v) is 4.08. The molecule has 2 amide bonds. The van der Waals surface area contributed by atoms with Crippen LogP contribution in [-0.2, 0) is 15.8 Å². The van der Waals surface area contributed by atoms with E-state index < -0.39 is 42.0 Å². The van der Waals surface area contributed by atoms with Gasteiger partial charge < -0.3 is 15.7 Å². The maximum atomic E-state index is 12.7. The van der Waals surface area contributed by atoms with Crippen LogP contribution in [0.5, 0.6) is 0 Å². The number of carbonyl (C=O) groups is 3. The molecule has 1 heterocycles. The van der Waals surface area contributed by atoms with E-state index in [0.717, 1.165) is 23.5 Å². The fourth-order valence-corrected chi connectivity index (χ4v) is 2.60. The molecule has 3 N–H and O–H groups in total. The number of thiophene rings is 1. The topological polar surface area (TPSA) is 95.5 Å². The fourth-order valence-electron chi connectivity index (χ4n) is 1.94. The number of aliphatic hydroxyl groups is 1. The number of benzene rings is 1. The van der Waals surface area contributed by atoms with Gasteiger partial charge in [-0.3, -0.25) is 14.4 Å². The van der Waals surface area contributed by atoms with Crippen LogP contribution in [0.25, 0.3) is 0 Å². The largest absolute Gasteiger partial charge is 0.416 e. The lowest BCUT2D eigenvalue weighted by atomic mass is 10.2. The molecule has 0 aliphatic rings. The summed E-state index contributed by atoms with van der Waals surface area (Å²) in [5, 5.41) is 15.1. The van der Waals surface area contributed by atoms with E-state index >= 15 is 0 Å². The summed E-state index contributed by atoms with van der Waals surface area (Å²) >= 11 is 1.03. The van der Waals surface area contributed by atoms with E-state index in [1.54, 1.807) is 11.4 Å². The van der Waals surface area contributed by atoms with E-state index in [-0.39, 0.29) is 10.6 Å². The number of aliphatic hydroxyl groups excluding tert-OH is 1. The molecule has 2 rings (SSSR count). The SMILES string of the molecule is O=C(N[C@@H](CO)C(=O)Nc1cccc(C(F)(F)F)c1)C(=O)c1cccs1. The van der Waals surface area contributed by atoms with Crippen molar-refractivity contribution < 1.29 is 32.7 Å². The highest BCUT2D eigenvalue weighted by Gasteiger charge is 2.31. The maximum absolute atomic E-state index is 12.7. The van der Waals surface area contributed by atoms with Gasteiger partial charge in [0, 0.05) is 5.69 Å². The molecule has 6 nitrogen and oxygen atoms in total. The number of hydrogen-bond donors (Lipinski definition) is 3. The molecule has 2 aromatic rings. The first-order valence-corrected chi connectivity index (χ1v) is 8.08. The van der Waals surface area contributed by atoms with Crippen molar-refractivity contribution in [3.05, 3.63) is 52.2 Å². The second-order valence-corrected chi connectivity index (χ2v) is 6.03.